The maximum atomic E-state index is 11.3. The minimum Gasteiger partial charge on any atom is -0.355 e. The van der Waals surface area contributed by atoms with E-state index in [2.05, 4.69) is 10.6 Å². The summed E-state index contributed by atoms with van der Waals surface area (Å²) in [5.74, 6) is 1.77. The summed E-state index contributed by atoms with van der Waals surface area (Å²) in [4.78, 5) is 11.3. The van der Waals surface area contributed by atoms with Gasteiger partial charge in [-0.2, -0.15) is 5.26 Å². The molecule has 1 aliphatic rings. The van der Waals surface area contributed by atoms with Crippen LogP contribution < -0.4 is 10.6 Å². The van der Waals surface area contributed by atoms with Gasteiger partial charge < -0.3 is 5.32 Å². The molecular formula is C8H13N3OS. The average Bonchev–Trinajstić information content (AvgIpc) is 2.65. The van der Waals surface area contributed by atoms with Crippen LogP contribution in [0.15, 0.2) is 0 Å². The minimum atomic E-state index is -0.0351. The third kappa shape index (κ3) is 3.66. The molecule has 1 heterocycles. The third-order valence-electron chi connectivity index (χ3n) is 1.80. The fourth-order valence-corrected chi connectivity index (χ4v) is 2.01. The molecular weight excluding hydrogens is 186 g/mol. The summed E-state index contributed by atoms with van der Waals surface area (Å²) in [6, 6.07) is 2.00. The molecule has 1 rings (SSSR count). The van der Waals surface area contributed by atoms with Crippen molar-refractivity contribution in [1.82, 2.24) is 10.6 Å². The molecule has 13 heavy (non-hydrogen) atoms. The largest absolute Gasteiger partial charge is 0.355 e. The van der Waals surface area contributed by atoms with Crippen molar-refractivity contribution < 1.29 is 4.79 Å². The van der Waals surface area contributed by atoms with Gasteiger partial charge in [-0.3, -0.25) is 10.1 Å². The highest BCUT2D eigenvalue weighted by atomic mass is 32.2. The first kappa shape index (κ1) is 10.4. The van der Waals surface area contributed by atoms with Gasteiger partial charge in [0.15, 0.2) is 0 Å². The van der Waals surface area contributed by atoms with E-state index >= 15 is 0 Å². The van der Waals surface area contributed by atoms with E-state index in [0.717, 1.165) is 18.1 Å². The van der Waals surface area contributed by atoms with Gasteiger partial charge in [-0.25, -0.2) is 0 Å². The van der Waals surface area contributed by atoms with Gasteiger partial charge in [0.2, 0.25) is 5.91 Å². The number of nitrogens with zero attached hydrogens (tertiary/aromatic N) is 1. The lowest BCUT2D eigenvalue weighted by atomic mass is 10.3. The lowest BCUT2D eigenvalue weighted by Gasteiger charge is -2.09. The molecule has 0 radical (unpaired) electrons. The topological polar surface area (TPSA) is 64.9 Å². The van der Waals surface area contributed by atoms with E-state index in [-0.39, 0.29) is 11.9 Å². The standard InChI is InChI=1S/C8H13N3OS/c9-3-1-2-4-10-8(12)7-5-13-6-11-7/h7,11H,1-2,4-6H2,(H,10,12). The van der Waals surface area contributed by atoms with Crippen molar-refractivity contribution in [1.29, 1.82) is 5.26 Å². The summed E-state index contributed by atoms with van der Waals surface area (Å²) in [6.45, 7) is 0.606. The highest BCUT2D eigenvalue weighted by Gasteiger charge is 2.21. The smallest absolute Gasteiger partial charge is 0.238 e. The van der Waals surface area contributed by atoms with Crippen LogP contribution in [0.4, 0.5) is 0 Å². The Morgan fingerprint density at radius 3 is 3.23 bits per heavy atom. The summed E-state index contributed by atoms with van der Waals surface area (Å²) >= 11 is 1.73. The predicted octanol–water partition coefficient (Wildman–Crippen LogP) is 0.0689. The second-order valence-electron chi connectivity index (χ2n) is 2.82. The highest BCUT2D eigenvalue weighted by molar-refractivity contribution is 7.99. The predicted molar refractivity (Wildman–Crippen MR) is 52.1 cm³/mol. The van der Waals surface area contributed by atoms with Crippen molar-refractivity contribution in [2.75, 3.05) is 18.2 Å². The van der Waals surface area contributed by atoms with Crippen LogP contribution >= 0.6 is 11.8 Å². The van der Waals surface area contributed by atoms with E-state index in [9.17, 15) is 4.79 Å². The summed E-state index contributed by atoms with van der Waals surface area (Å²) in [5.41, 5.74) is 0. The number of amides is 1. The molecule has 1 saturated heterocycles. The second kappa shape index (κ2) is 5.84. The van der Waals surface area contributed by atoms with Crippen LogP contribution in [-0.2, 0) is 4.79 Å². The van der Waals surface area contributed by atoms with Gasteiger partial charge in [0.25, 0.3) is 0 Å². The molecule has 1 unspecified atom stereocenters. The molecule has 0 aromatic carbocycles. The van der Waals surface area contributed by atoms with Crippen LogP contribution in [-0.4, -0.2) is 30.1 Å². The Kier molecular flexibility index (Phi) is 4.65. The van der Waals surface area contributed by atoms with Crippen LogP contribution in [0.3, 0.4) is 0 Å². The van der Waals surface area contributed by atoms with Crippen LogP contribution in [0.2, 0.25) is 0 Å². The number of nitrogens with one attached hydrogen (secondary N) is 2. The molecule has 1 amide bonds. The van der Waals surface area contributed by atoms with E-state index in [0.29, 0.717) is 13.0 Å². The van der Waals surface area contributed by atoms with Gasteiger partial charge in [-0.05, 0) is 6.42 Å². The summed E-state index contributed by atoms with van der Waals surface area (Å²) in [6.07, 6.45) is 1.25. The summed E-state index contributed by atoms with van der Waals surface area (Å²) in [7, 11) is 0. The molecule has 2 N–H and O–H groups in total. The minimum absolute atomic E-state index is 0.0351. The molecule has 1 aliphatic heterocycles. The Hall–Kier alpha value is -0.730. The normalized spacial score (nSPS) is 21.0. The number of hydrogen-bond donors (Lipinski definition) is 2. The molecule has 0 aliphatic carbocycles. The van der Waals surface area contributed by atoms with E-state index in [1.165, 1.54) is 0 Å². The lowest BCUT2D eigenvalue weighted by molar-refractivity contribution is -0.122. The molecule has 72 valence electrons. The summed E-state index contributed by atoms with van der Waals surface area (Å²) < 4.78 is 0. The molecule has 4 nitrogen and oxygen atoms in total. The lowest BCUT2D eigenvalue weighted by Crippen LogP contribution is -2.42. The molecule has 0 spiro atoms. The number of unbranched alkanes of at least 4 members (excludes halogenated alkanes) is 1. The SMILES string of the molecule is N#CCCCNC(=O)C1CSCN1. The Balaban J connectivity index is 2.07. The van der Waals surface area contributed by atoms with E-state index in [1.54, 1.807) is 11.8 Å². The zero-order chi connectivity index (χ0) is 9.52. The number of hydrogen-bond acceptors (Lipinski definition) is 4. The average molecular weight is 199 g/mol. The summed E-state index contributed by atoms with van der Waals surface area (Å²) in [5, 5.41) is 14.1. The number of nitriles is 1. The fraction of sp³-hybridized carbons (Fsp3) is 0.750. The molecule has 0 aromatic heterocycles. The molecule has 5 heteroatoms. The van der Waals surface area contributed by atoms with Crippen LogP contribution in [0.5, 0.6) is 0 Å². The van der Waals surface area contributed by atoms with Crippen molar-refractivity contribution in [3.8, 4) is 6.07 Å². The van der Waals surface area contributed by atoms with Crippen LogP contribution in [0.25, 0.3) is 0 Å². The van der Waals surface area contributed by atoms with Gasteiger partial charge in [0, 0.05) is 24.6 Å². The quantitative estimate of drug-likeness (QED) is 0.629. The first-order valence-corrected chi connectivity index (χ1v) is 5.46. The molecule has 1 fully saturated rings. The maximum absolute atomic E-state index is 11.3. The Labute approximate surface area is 82.1 Å². The van der Waals surface area contributed by atoms with Gasteiger partial charge in [0.05, 0.1) is 12.1 Å². The molecule has 1 atom stereocenters. The number of carbonyl (C=O) groups is 1. The fourth-order valence-electron chi connectivity index (χ4n) is 1.07. The first-order chi connectivity index (χ1) is 6.34. The Morgan fingerprint density at radius 2 is 2.62 bits per heavy atom. The third-order valence-corrected chi connectivity index (χ3v) is 2.74. The highest BCUT2D eigenvalue weighted by Crippen LogP contribution is 2.08. The van der Waals surface area contributed by atoms with Gasteiger partial charge >= 0.3 is 0 Å². The van der Waals surface area contributed by atoms with E-state index < -0.39 is 0 Å². The Bertz CT molecular complexity index is 208. The van der Waals surface area contributed by atoms with Crippen molar-refractivity contribution in [3.63, 3.8) is 0 Å². The van der Waals surface area contributed by atoms with Crippen molar-refractivity contribution >= 4 is 17.7 Å². The monoisotopic (exact) mass is 199 g/mol. The van der Waals surface area contributed by atoms with Gasteiger partial charge in [-0.1, -0.05) is 0 Å². The van der Waals surface area contributed by atoms with Crippen molar-refractivity contribution in [3.05, 3.63) is 0 Å². The number of carbonyl (C=O) groups excluding carboxylic acids is 1. The van der Waals surface area contributed by atoms with Gasteiger partial charge in [0.1, 0.15) is 0 Å². The van der Waals surface area contributed by atoms with Crippen LogP contribution in [0, 0.1) is 11.3 Å². The molecule has 0 aromatic rings. The van der Waals surface area contributed by atoms with E-state index in [4.69, 9.17) is 5.26 Å². The number of thioether (sulfide) groups is 1. The Morgan fingerprint density at radius 1 is 1.77 bits per heavy atom. The van der Waals surface area contributed by atoms with Crippen molar-refractivity contribution in [2.24, 2.45) is 0 Å². The zero-order valence-electron chi connectivity index (χ0n) is 7.38. The van der Waals surface area contributed by atoms with Crippen LogP contribution in [0.1, 0.15) is 12.8 Å². The van der Waals surface area contributed by atoms with Gasteiger partial charge in [-0.15, -0.1) is 11.8 Å². The first-order valence-electron chi connectivity index (χ1n) is 4.30. The molecule has 0 bridgehead atoms. The number of rotatable bonds is 4. The second-order valence-corrected chi connectivity index (χ2v) is 3.85. The maximum Gasteiger partial charge on any atom is 0.238 e. The molecule has 0 saturated carbocycles. The zero-order valence-corrected chi connectivity index (χ0v) is 8.19. The van der Waals surface area contributed by atoms with E-state index in [1.807, 2.05) is 6.07 Å². The van der Waals surface area contributed by atoms with Crippen molar-refractivity contribution in [2.45, 2.75) is 18.9 Å².